The van der Waals surface area contributed by atoms with Gasteiger partial charge in [0, 0.05) is 25.7 Å². The molecule has 0 saturated carbocycles. The minimum absolute atomic E-state index is 0.336. The van der Waals surface area contributed by atoms with Crippen LogP contribution in [0.3, 0.4) is 0 Å². The Balaban J connectivity index is 1.78. The van der Waals surface area contributed by atoms with Gasteiger partial charge in [-0.3, -0.25) is 4.79 Å². The van der Waals surface area contributed by atoms with E-state index in [2.05, 4.69) is 0 Å². The predicted molar refractivity (Wildman–Crippen MR) is 164 cm³/mol. The van der Waals surface area contributed by atoms with E-state index in [9.17, 15) is 35.4 Å². The average molecular weight is 599 g/mol. The lowest BCUT2D eigenvalue weighted by atomic mass is 9.55. The van der Waals surface area contributed by atoms with Crippen LogP contribution in [0.2, 0.25) is 0 Å². The fourth-order valence-electron chi connectivity index (χ4n) is 6.58. The van der Waals surface area contributed by atoms with Crippen LogP contribution in [-0.2, 0) is 35.2 Å². The number of hydrogen-bond donors (Lipinski definition) is 6. The molecule has 0 aromatic heterocycles. The molecule has 4 aromatic rings. The number of benzene rings is 4. The van der Waals surface area contributed by atoms with Crippen LogP contribution in [0, 0.1) is 0 Å². The Kier molecular flexibility index (Phi) is 9.04. The summed E-state index contributed by atoms with van der Waals surface area (Å²) in [7, 11) is 0. The van der Waals surface area contributed by atoms with Gasteiger partial charge >= 0.3 is 5.97 Å². The summed E-state index contributed by atoms with van der Waals surface area (Å²) in [6, 6.07) is 34.9. The highest BCUT2D eigenvalue weighted by Gasteiger charge is 2.77. The molecular weight excluding hydrogens is 560 g/mol. The minimum atomic E-state index is -2.61. The van der Waals surface area contributed by atoms with Crippen LogP contribution < -0.4 is 0 Å². The lowest BCUT2D eigenvalue weighted by molar-refractivity contribution is -0.445. The number of carboxylic acids is 1. The lowest BCUT2D eigenvalue weighted by Gasteiger charge is -2.65. The summed E-state index contributed by atoms with van der Waals surface area (Å²) in [6.45, 7) is 0. The molecule has 6 atom stereocenters. The number of carbonyl (C=O) groups is 1. The van der Waals surface area contributed by atoms with Crippen LogP contribution in [0.15, 0.2) is 121 Å². The molecule has 8 nitrogen and oxygen atoms in total. The van der Waals surface area contributed by atoms with E-state index in [1.165, 1.54) is 0 Å². The summed E-state index contributed by atoms with van der Waals surface area (Å²) in [5.74, 6) is -3.98. The lowest BCUT2D eigenvalue weighted by Crippen LogP contribution is -2.87. The van der Waals surface area contributed by atoms with Crippen molar-refractivity contribution in [2.45, 2.75) is 66.9 Å². The summed E-state index contributed by atoms with van der Waals surface area (Å²) in [4.78, 5) is 11.8. The third kappa shape index (κ3) is 5.93. The largest absolute Gasteiger partial charge is 0.481 e. The predicted octanol–water partition coefficient (Wildman–Crippen LogP) is 3.07. The molecule has 0 spiro atoms. The molecule has 1 saturated heterocycles. The van der Waals surface area contributed by atoms with E-state index in [1.807, 2.05) is 0 Å². The third-order valence-corrected chi connectivity index (χ3v) is 8.78. The number of ether oxygens (including phenoxy) is 1. The molecule has 8 heteroatoms. The Morgan fingerprint density at radius 2 is 0.955 bits per heavy atom. The van der Waals surface area contributed by atoms with Gasteiger partial charge < -0.3 is 35.4 Å². The SMILES string of the molecule is O=C(O)CC(O)[C@H]1O[C@](O)(Cc2ccccc2)[C@@](O)(Cc2ccccc2)[C@](O)(Cc2ccccc2)[C@@]1(O)Cc1ccccc1. The van der Waals surface area contributed by atoms with E-state index in [4.69, 9.17) is 4.74 Å². The van der Waals surface area contributed by atoms with Gasteiger partial charge in [0.05, 0.1) is 12.5 Å². The molecule has 230 valence electrons. The zero-order chi connectivity index (χ0) is 31.4. The number of aliphatic hydroxyl groups excluding tert-OH is 1. The van der Waals surface area contributed by atoms with Crippen LogP contribution in [0.25, 0.3) is 0 Å². The van der Waals surface area contributed by atoms with Crippen molar-refractivity contribution in [3.8, 4) is 0 Å². The highest BCUT2D eigenvalue weighted by molar-refractivity contribution is 5.67. The van der Waals surface area contributed by atoms with Crippen LogP contribution in [0.5, 0.6) is 0 Å². The summed E-state index contributed by atoms with van der Waals surface area (Å²) < 4.78 is 6.23. The molecule has 1 unspecified atom stereocenters. The Labute approximate surface area is 256 Å². The first-order valence-corrected chi connectivity index (χ1v) is 14.6. The molecule has 1 fully saturated rings. The Bertz CT molecular complexity index is 1520. The molecule has 44 heavy (non-hydrogen) atoms. The van der Waals surface area contributed by atoms with E-state index < -0.39 is 47.2 Å². The first-order valence-electron chi connectivity index (χ1n) is 14.6. The normalized spacial score (nSPS) is 29.2. The maximum absolute atomic E-state index is 13.2. The van der Waals surface area contributed by atoms with Crippen LogP contribution in [0.1, 0.15) is 28.7 Å². The molecular formula is C36H38O8. The van der Waals surface area contributed by atoms with Gasteiger partial charge in [-0.15, -0.1) is 0 Å². The molecule has 0 amide bonds. The zero-order valence-corrected chi connectivity index (χ0v) is 24.2. The Hall–Kier alpha value is -3.89. The number of hydrogen-bond acceptors (Lipinski definition) is 7. The van der Waals surface area contributed by atoms with Crippen molar-refractivity contribution < 1.29 is 40.2 Å². The Morgan fingerprint density at radius 1 is 0.591 bits per heavy atom. The first-order chi connectivity index (χ1) is 21.0. The van der Waals surface area contributed by atoms with Gasteiger partial charge in [-0.2, -0.15) is 0 Å². The van der Waals surface area contributed by atoms with Crippen molar-refractivity contribution >= 4 is 5.97 Å². The van der Waals surface area contributed by atoms with E-state index >= 15 is 0 Å². The van der Waals surface area contributed by atoms with E-state index in [0.29, 0.717) is 22.3 Å². The van der Waals surface area contributed by atoms with Gasteiger partial charge in [0.15, 0.2) is 5.60 Å². The van der Waals surface area contributed by atoms with Crippen LogP contribution >= 0.6 is 0 Å². The smallest absolute Gasteiger partial charge is 0.306 e. The first kappa shape index (κ1) is 31.5. The summed E-state index contributed by atoms with van der Waals surface area (Å²) in [5, 5.41) is 72.6. The second-order valence-electron chi connectivity index (χ2n) is 11.8. The number of rotatable bonds is 11. The number of aliphatic hydroxyl groups is 5. The highest BCUT2D eigenvalue weighted by atomic mass is 16.7. The summed E-state index contributed by atoms with van der Waals surface area (Å²) >= 11 is 0. The maximum Gasteiger partial charge on any atom is 0.306 e. The molecule has 1 heterocycles. The monoisotopic (exact) mass is 598 g/mol. The fraction of sp³-hybridized carbons (Fsp3) is 0.306. The highest BCUT2D eigenvalue weighted by Crippen LogP contribution is 2.54. The van der Waals surface area contributed by atoms with Crippen molar-refractivity contribution in [3.63, 3.8) is 0 Å². The average Bonchev–Trinajstić information content (AvgIpc) is 3.00. The van der Waals surface area contributed by atoms with Crippen LogP contribution in [0.4, 0.5) is 0 Å². The number of carboxylic acid groups (broad SMARTS) is 1. The quantitative estimate of drug-likeness (QED) is 0.154. The molecule has 0 bridgehead atoms. The molecule has 0 radical (unpaired) electrons. The van der Waals surface area contributed by atoms with E-state index in [0.717, 1.165) is 0 Å². The Morgan fingerprint density at radius 3 is 1.36 bits per heavy atom. The fourth-order valence-corrected chi connectivity index (χ4v) is 6.58. The van der Waals surface area contributed by atoms with Gasteiger partial charge in [0.25, 0.3) is 0 Å². The van der Waals surface area contributed by atoms with E-state index in [1.54, 1.807) is 121 Å². The second kappa shape index (κ2) is 12.6. The standard InChI is InChI=1S/C36H38O8/c37-30(21-31(38)39)32-33(40,22-26-13-5-1-6-14-26)34(41,23-27-15-7-2-8-16-27)35(42,24-28-17-9-3-10-18-28)36(43,44-32)25-29-19-11-4-12-20-29/h1-20,30,32,37,40-43H,21-25H2,(H,38,39)/t30?,32-,33-,34+,35-,36-/m1/s1. The van der Waals surface area contributed by atoms with Crippen LogP contribution in [-0.4, -0.2) is 71.4 Å². The molecule has 1 aliphatic rings. The molecule has 0 aliphatic carbocycles. The van der Waals surface area contributed by atoms with Crippen molar-refractivity contribution in [1.82, 2.24) is 0 Å². The zero-order valence-electron chi connectivity index (χ0n) is 24.2. The van der Waals surface area contributed by atoms with E-state index in [-0.39, 0.29) is 25.7 Å². The third-order valence-electron chi connectivity index (χ3n) is 8.78. The van der Waals surface area contributed by atoms with Gasteiger partial charge in [-0.1, -0.05) is 121 Å². The van der Waals surface area contributed by atoms with Gasteiger partial charge in [0.2, 0.25) is 5.79 Å². The summed E-state index contributed by atoms with van der Waals surface area (Å²) in [5.41, 5.74) is -5.57. The minimum Gasteiger partial charge on any atom is -0.481 e. The van der Waals surface area contributed by atoms with Crippen molar-refractivity contribution in [1.29, 1.82) is 0 Å². The topological polar surface area (TPSA) is 148 Å². The van der Waals surface area contributed by atoms with Crippen molar-refractivity contribution in [2.75, 3.05) is 0 Å². The van der Waals surface area contributed by atoms with Gasteiger partial charge in [-0.05, 0) is 22.3 Å². The van der Waals surface area contributed by atoms with Gasteiger partial charge in [0.1, 0.15) is 17.3 Å². The summed E-state index contributed by atoms with van der Waals surface area (Å²) in [6.07, 6.45) is -5.94. The maximum atomic E-state index is 13.2. The number of aliphatic carboxylic acids is 1. The molecule has 6 N–H and O–H groups in total. The molecule has 1 aliphatic heterocycles. The van der Waals surface area contributed by atoms with Crippen molar-refractivity contribution in [2.24, 2.45) is 0 Å². The van der Waals surface area contributed by atoms with Gasteiger partial charge in [-0.25, -0.2) is 0 Å². The second-order valence-corrected chi connectivity index (χ2v) is 11.8. The van der Waals surface area contributed by atoms with Crippen molar-refractivity contribution in [3.05, 3.63) is 144 Å². The molecule has 4 aromatic carbocycles. The molecule has 5 rings (SSSR count).